The molecular formula is C18H30O5. The number of fused-ring (bicyclic) bond motifs is 1. The van der Waals surface area contributed by atoms with E-state index in [9.17, 15) is 20.4 Å². The van der Waals surface area contributed by atoms with Gasteiger partial charge < -0.3 is 25.2 Å². The number of unbranched alkanes of at least 4 members (excludes halogenated alkanes) is 5. The maximum atomic E-state index is 10.2. The zero-order valence-corrected chi connectivity index (χ0v) is 13.9. The van der Waals surface area contributed by atoms with Crippen molar-refractivity contribution in [3.8, 4) is 0 Å². The van der Waals surface area contributed by atoms with Gasteiger partial charge in [0.2, 0.25) is 0 Å². The molecule has 1 aliphatic carbocycles. The van der Waals surface area contributed by atoms with Crippen molar-refractivity contribution in [3.05, 3.63) is 23.3 Å². The quantitative estimate of drug-likeness (QED) is 0.360. The molecule has 0 aromatic rings. The predicted molar refractivity (Wildman–Crippen MR) is 87.9 cm³/mol. The molecule has 0 spiro atoms. The van der Waals surface area contributed by atoms with E-state index in [-0.39, 0.29) is 6.61 Å². The fourth-order valence-corrected chi connectivity index (χ4v) is 3.22. The second kappa shape index (κ2) is 8.94. The molecule has 0 aromatic carbocycles. The van der Waals surface area contributed by atoms with Crippen molar-refractivity contribution in [2.45, 2.75) is 82.4 Å². The Morgan fingerprint density at radius 3 is 2.39 bits per heavy atom. The summed E-state index contributed by atoms with van der Waals surface area (Å²) >= 11 is 0. The maximum absolute atomic E-state index is 10.2. The lowest BCUT2D eigenvalue weighted by molar-refractivity contribution is 0.141. The zero-order valence-electron chi connectivity index (χ0n) is 13.9. The summed E-state index contributed by atoms with van der Waals surface area (Å²) in [7, 11) is 0. The van der Waals surface area contributed by atoms with Crippen molar-refractivity contribution in [1.29, 1.82) is 0 Å². The Labute approximate surface area is 138 Å². The molecule has 1 fully saturated rings. The third-order valence-electron chi connectivity index (χ3n) is 4.75. The second-order valence-electron chi connectivity index (χ2n) is 6.58. The van der Waals surface area contributed by atoms with Gasteiger partial charge >= 0.3 is 0 Å². The Bertz CT molecular complexity index is 431. The minimum absolute atomic E-state index is 0.321. The van der Waals surface area contributed by atoms with Crippen LogP contribution in [0.2, 0.25) is 0 Å². The molecule has 5 atom stereocenters. The van der Waals surface area contributed by atoms with Crippen molar-refractivity contribution in [1.82, 2.24) is 0 Å². The average Bonchev–Trinajstić information content (AvgIpc) is 3.34. The molecule has 23 heavy (non-hydrogen) atoms. The Morgan fingerprint density at radius 1 is 1.04 bits per heavy atom. The first-order valence-corrected chi connectivity index (χ1v) is 8.81. The highest BCUT2D eigenvalue weighted by molar-refractivity contribution is 5.40. The van der Waals surface area contributed by atoms with E-state index in [2.05, 4.69) is 6.92 Å². The van der Waals surface area contributed by atoms with Crippen LogP contribution in [0.15, 0.2) is 23.3 Å². The molecule has 0 saturated carbocycles. The van der Waals surface area contributed by atoms with Crippen molar-refractivity contribution >= 4 is 0 Å². The van der Waals surface area contributed by atoms with Gasteiger partial charge in [-0.2, -0.15) is 0 Å². The summed E-state index contributed by atoms with van der Waals surface area (Å²) in [6.07, 6.45) is 7.90. The van der Waals surface area contributed by atoms with Crippen LogP contribution in [0.1, 0.15) is 51.9 Å². The van der Waals surface area contributed by atoms with Gasteiger partial charge in [-0.25, -0.2) is 0 Å². The van der Waals surface area contributed by atoms with Gasteiger partial charge in [-0.15, -0.1) is 0 Å². The third-order valence-corrected chi connectivity index (χ3v) is 4.75. The monoisotopic (exact) mass is 326 g/mol. The van der Waals surface area contributed by atoms with Gasteiger partial charge in [0.05, 0.1) is 12.7 Å². The first-order valence-electron chi connectivity index (χ1n) is 8.81. The minimum Gasteiger partial charge on any atom is -0.392 e. The van der Waals surface area contributed by atoms with Crippen LogP contribution in [0.25, 0.3) is 0 Å². The third kappa shape index (κ3) is 4.88. The number of aliphatic hydroxyl groups is 4. The fraction of sp³-hybridized carbons (Fsp3) is 0.778. The van der Waals surface area contributed by atoms with Crippen LogP contribution in [0.5, 0.6) is 0 Å². The highest BCUT2D eigenvalue weighted by Gasteiger charge is 2.54. The second-order valence-corrected chi connectivity index (χ2v) is 6.58. The fourth-order valence-electron chi connectivity index (χ4n) is 3.22. The zero-order chi connectivity index (χ0) is 16.8. The Morgan fingerprint density at radius 2 is 1.70 bits per heavy atom. The molecule has 2 aliphatic rings. The van der Waals surface area contributed by atoms with Gasteiger partial charge in [0.15, 0.2) is 0 Å². The lowest BCUT2D eigenvalue weighted by atomic mass is 9.87. The first kappa shape index (κ1) is 18.6. The number of ether oxygens (including phenoxy) is 1. The normalized spacial score (nSPS) is 31.5. The van der Waals surface area contributed by atoms with E-state index in [0.29, 0.717) is 17.6 Å². The van der Waals surface area contributed by atoms with Gasteiger partial charge in [-0.05, 0) is 17.6 Å². The molecule has 1 aliphatic heterocycles. The van der Waals surface area contributed by atoms with E-state index in [1.54, 1.807) is 12.2 Å². The number of epoxide rings is 1. The summed E-state index contributed by atoms with van der Waals surface area (Å²) in [4.78, 5) is 0. The summed E-state index contributed by atoms with van der Waals surface area (Å²) in [6, 6.07) is 0. The Kier molecular flexibility index (Phi) is 7.24. The molecule has 0 amide bonds. The van der Waals surface area contributed by atoms with Crippen molar-refractivity contribution in [2.24, 2.45) is 0 Å². The first-order chi connectivity index (χ1) is 11.1. The number of hydrogen-bond acceptors (Lipinski definition) is 5. The van der Waals surface area contributed by atoms with Crippen molar-refractivity contribution in [3.63, 3.8) is 0 Å². The molecule has 5 heteroatoms. The van der Waals surface area contributed by atoms with Crippen LogP contribution >= 0.6 is 0 Å². The van der Waals surface area contributed by atoms with Crippen LogP contribution in [-0.2, 0) is 4.74 Å². The minimum atomic E-state index is -0.872. The number of rotatable bonds is 10. The molecular weight excluding hydrogens is 296 g/mol. The molecule has 0 aromatic heterocycles. The summed E-state index contributed by atoms with van der Waals surface area (Å²) in [5.74, 6) is 0. The summed E-state index contributed by atoms with van der Waals surface area (Å²) < 4.78 is 5.23. The van der Waals surface area contributed by atoms with Crippen molar-refractivity contribution < 1.29 is 25.2 Å². The molecule has 0 radical (unpaired) electrons. The molecule has 4 N–H and O–H groups in total. The summed E-state index contributed by atoms with van der Waals surface area (Å²) in [5.41, 5.74) is 0.861. The van der Waals surface area contributed by atoms with E-state index in [4.69, 9.17) is 4.74 Å². The smallest absolute Gasteiger partial charge is 0.117 e. The Hall–Kier alpha value is -0.720. The molecule has 0 unspecified atom stereocenters. The highest BCUT2D eigenvalue weighted by atomic mass is 16.6. The molecule has 1 saturated heterocycles. The van der Waals surface area contributed by atoms with Crippen LogP contribution in [0.3, 0.4) is 0 Å². The van der Waals surface area contributed by atoms with E-state index in [1.807, 2.05) is 0 Å². The molecule has 1 heterocycles. The summed E-state index contributed by atoms with van der Waals surface area (Å²) in [6.45, 7) is 1.87. The van der Waals surface area contributed by atoms with Gasteiger partial charge in [0.1, 0.15) is 24.4 Å². The Balaban J connectivity index is 1.81. The van der Waals surface area contributed by atoms with Gasteiger partial charge in [-0.1, -0.05) is 57.6 Å². The van der Waals surface area contributed by atoms with Crippen LogP contribution < -0.4 is 0 Å². The van der Waals surface area contributed by atoms with Crippen LogP contribution in [0, 0.1) is 0 Å². The molecule has 2 rings (SSSR count). The van der Waals surface area contributed by atoms with Gasteiger partial charge in [0, 0.05) is 0 Å². The van der Waals surface area contributed by atoms with E-state index in [1.165, 1.54) is 25.7 Å². The van der Waals surface area contributed by atoms with Gasteiger partial charge in [0.25, 0.3) is 0 Å². The average molecular weight is 326 g/mol. The summed E-state index contributed by atoms with van der Waals surface area (Å²) in [5, 5.41) is 39.6. The maximum Gasteiger partial charge on any atom is 0.117 e. The van der Waals surface area contributed by atoms with Crippen molar-refractivity contribution in [2.75, 3.05) is 6.61 Å². The molecule has 132 valence electrons. The van der Waals surface area contributed by atoms with E-state index in [0.717, 1.165) is 12.8 Å². The van der Waals surface area contributed by atoms with E-state index >= 15 is 0 Å². The van der Waals surface area contributed by atoms with Crippen LogP contribution in [-0.4, -0.2) is 57.6 Å². The van der Waals surface area contributed by atoms with Crippen LogP contribution in [0.4, 0.5) is 0 Å². The predicted octanol–water partition coefficient (Wildman–Crippen LogP) is 1.45. The largest absolute Gasteiger partial charge is 0.392 e. The standard InChI is InChI=1S/C18H30O5/c1-2-3-4-5-6-7-8-12(20)9-10-13-14(11-19)16(22)18-17(23-18)15(13)21/h9-10,12,15-22H,2-8,11H2,1H3/b10-9+/t12-,15-,16-,17-,18+/m1/s1. The molecule has 5 nitrogen and oxygen atoms in total. The van der Waals surface area contributed by atoms with Gasteiger partial charge in [-0.3, -0.25) is 0 Å². The lowest BCUT2D eigenvalue weighted by Gasteiger charge is -2.23. The highest BCUT2D eigenvalue weighted by Crippen LogP contribution is 2.40. The molecule has 0 bridgehead atoms. The number of aliphatic hydroxyl groups excluding tert-OH is 4. The topological polar surface area (TPSA) is 93.5 Å². The lowest BCUT2D eigenvalue weighted by Crippen LogP contribution is -2.35. The number of hydrogen-bond donors (Lipinski definition) is 4. The SMILES string of the molecule is CCCCCCCC[C@@H](O)/C=C/C1=C(CO)[C@@H](O)[C@@H]2O[C@@H]2[C@@H]1O. The van der Waals surface area contributed by atoms with E-state index < -0.39 is 30.5 Å².